The number of carbonyl (C=O) groups excluding carboxylic acids is 1. The number of hydrogen-bond donors (Lipinski definition) is 0. The predicted octanol–water partition coefficient (Wildman–Crippen LogP) is 6.28. The summed E-state index contributed by atoms with van der Waals surface area (Å²) in [5.74, 6) is 0.627. The van der Waals surface area contributed by atoms with Crippen LogP contribution in [0.3, 0.4) is 0 Å². The summed E-state index contributed by atoms with van der Waals surface area (Å²) >= 11 is 0. The fourth-order valence-corrected chi connectivity index (χ4v) is 4.36. The molecule has 1 aliphatic carbocycles. The maximum Gasteiger partial charge on any atom is 0.415 e. The van der Waals surface area contributed by atoms with Gasteiger partial charge in [0.05, 0.1) is 0 Å². The van der Waals surface area contributed by atoms with E-state index in [0.717, 1.165) is 32.4 Å². The quantitative estimate of drug-likeness (QED) is 0.544. The standard InChI is InChI=1S/C22H35NO2/c1-5-6-10-16-23(20(24)25-19-12-8-7-9-13-19)18-22(4)15-11-14-21(2,3)17-22/h7-9,12-13H,5-6,10-11,14-18H2,1-4H3. The van der Waals surface area contributed by atoms with Crippen LogP contribution in [-0.2, 0) is 0 Å². The summed E-state index contributed by atoms with van der Waals surface area (Å²) in [5, 5.41) is 0. The summed E-state index contributed by atoms with van der Waals surface area (Å²) < 4.78 is 5.63. The monoisotopic (exact) mass is 345 g/mol. The molecule has 1 amide bonds. The van der Waals surface area contributed by atoms with Gasteiger partial charge in [0.15, 0.2) is 0 Å². The van der Waals surface area contributed by atoms with Gasteiger partial charge in [0.25, 0.3) is 0 Å². The van der Waals surface area contributed by atoms with Crippen LogP contribution in [0.15, 0.2) is 30.3 Å². The Labute approximate surface area is 153 Å². The molecular weight excluding hydrogens is 310 g/mol. The molecule has 3 heteroatoms. The van der Waals surface area contributed by atoms with Gasteiger partial charge in [-0.2, -0.15) is 0 Å². The molecule has 25 heavy (non-hydrogen) atoms. The zero-order chi connectivity index (χ0) is 18.3. The van der Waals surface area contributed by atoms with Crippen molar-refractivity contribution in [1.29, 1.82) is 0 Å². The summed E-state index contributed by atoms with van der Waals surface area (Å²) in [6, 6.07) is 9.41. The molecule has 140 valence electrons. The van der Waals surface area contributed by atoms with Gasteiger partial charge in [0.2, 0.25) is 0 Å². The highest BCUT2D eigenvalue weighted by atomic mass is 16.6. The normalized spacial score (nSPS) is 22.4. The summed E-state index contributed by atoms with van der Waals surface area (Å²) in [6.45, 7) is 10.8. The zero-order valence-corrected chi connectivity index (χ0v) is 16.5. The number of benzene rings is 1. The number of para-hydroxylation sites is 1. The average molecular weight is 346 g/mol. The van der Waals surface area contributed by atoms with E-state index in [4.69, 9.17) is 4.74 Å². The lowest BCUT2D eigenvalue weighted by Crippen LogP contribution is -2.45. The Balaban J connectivity index is 2.05. The first-order chi connectivity index (χ1) is 11.8. The van der Waals surface area contributed by atoms with Crippen LogP contribution < -0.4 is 4.74 Å². The minimum absolute atomic E-state index is 0.184. The van der Waals surface area contributed by atoms with Gasteiger partial charge < -0.3 is 9.64 Å². The Morgan fingerprint density at radius 2 is 1.84 bits per heavy atom. The van der Waals surface area contributed by atoms with Crippen molar-refractivity contribution in [3.63, 3.8) is 0 Å². The molecule has 0 N–H and O–H groups in total. The van der Waals surface area contributed by atoms with Gasteiger partial charge in [-0.3, -0.25) is 0 Å². The Bertz CT molecular complexity index is 540. The van der Waals surface area contributed by atoms with Crippen molar-refractivity contribution in [3.05, 3.63) is 30.3 Å². The van der Waals surface area contributed by atoms with Crippen LogP contribution in [0.5, 0.6) is 5.75 Å². The predicted molar refractivity (Wildman–Crippen MR) is 104 cm³/mol. The highest BCUT2D eigenvalue weighted by Crippen LogP contribution is 2.46. The molecular formula is C22H35NO2. The molecule has 1 unspecified atom stereocenters. The smallest absolute Gasteiger partial charge is 0.410 e. The second kappa shape index (κ2) is 8.73. The Hall–Kier alpha value is -1.51. The average Bonchev–Trinajstić information content (AvgIpc) is 2.53. The second-order valence-electron chi connectivity index (χ2n) is 8.81. The van der Waals surface area contributed by atoms with Crippen LogP contribution in [0.4, 0.5) is 4.79 Å². The van der Waals surface area contributed by atoms with Gasteiger partial charge in [0, 0.05) is 13.1 Å². The zero-order valence-electron chi connectivity index (χ0n) is 16.5. The van der Waals surface area contributed by atoms with Gasteiger partial charge in [-0.05, 0) is 48.6 Å². The van der Waals surface area contributed by atoms with E-state index in [-0.39, 0.29) is 11.5 Å². The molecule has 1 saturated carbocycles. The fraction of sp³-hybridized carbons (Fsp3) is 0.682. The molecule has 2 rings (SSSR count). The van der Waals surface area contributed by atoms with Crippen molar-refractivity contribution < 1.29 is 9.53 Å². The number of amides is 1. The molecule has 1 atom stereocenters. The van der Waals surface area contributed by atoms with Crippen molar-refractivity contribution in [2.75, 3.05) is 13.1 Å². The fourth-order valence-electron chi connectivity index (χ4n) is 4.36. The van der Waals surface area contributed by atoms with Crippen molar-refractivity contribution in [1.82, 2.24) is 4.90 Å². The molecule has 0 aromatic heterocycles. The highest BCUT2D eigenvalue weighted by Gasteiger charge is 2.38. The third kappa shape index (κ3) is 6.37. The van der Waals surface area contributed by atoms with Gasteiger partial charge in [0.1, 0.15) is 5.75 Å². The molecule has 1 fully saturated rings. The highest BCUT2D eigenvalue weighted by molar-refractivity contribution is 5.70. The van der Waals surface area contributed by atoms with E-state index in [9.17, 15) is 4.79 Å². The first kappa shape index (κ1) is 19.8. The van der Waals surface area contributed by atoms with E-state index in [0.29, 0.717) is 11.2 Å². The van der Waals surface area contributed by atoms with E-state index in [2.05, 4.69) is 27.7 Å². The molecule has 3 nitrogen and oxygen atoms in total. The van der Waals surface area contributed by atoms with Crippen molar-refractivity contribution >= 4 is 6.09 Å². The Morgan fingerprint density at radius 1 is 1.12 bits per heavy atom. The maximum absolute atomic E-state index is 12.8. The van der Waals surface area contributed by atoms with Crippen LogP contribution in [0.25, 0.3) is 0 Å². The van der Waals surface area contributed by atoms with Gasteiger partial charge in [-0.1, -0.05) is 65.2 Å². The van der Waals surface area contributed by atoms with Gasteiger partial charge >= 0.3 is 6.09 Å². The number of rotatable bonds is 7. The molecule has 0 aliphatic heterocycles. The third-order valence-corrected chi connectivity index (χ3v) is 5.35. The van der Waals surface area contributed by atoms with E-state index in [1.54, 1.807) is 0 Å². The van der Waals surface area contributed by atoms with Crippen LogP contribution in [-0.4, -0.2) is 24.1 Å². The lowest BCUT2D eigenvalue weighted by atomic mass is 9.64. The summed E-state index contributed by atoms with van der Waals surface area (Å²) in [7, 11) is 0. The van der Waals surface area contributed by atoms with Crippen molar-refractivity contribution in [3.8, 4) is 5.75 Å². The molecule has 0 bridgehead atoms. The molecule has 1 aliphatic rings. The molecule has 1 aromatic carbocycles. The third-order valence-electron chi connectivity index (χ3n) is 5.35. The van der Waals surface area contributed by atoms with Crippen molar-refractivity contribution in [2.24, 2.45) is 10.8 Å². The number of hydrogen-bond acceptors (Lipinski definition) is 2. The Morgan fingerprint density at radius 3 is 2.48 bits per heavy atom. The van der Waals surface area contributed by atoms with E-state index >= 15 is 0 Å². The molecule has 0 spiro atoms. The Kier molecular flexibility index (Phi) is 6.92. The molecule has 0 saturated heterocycles. The van der Waals surface area contributed by atoms with E-state index in [1.165, 1.54) is 25.7 Å². The van der Waals surface area contributed by atoms with Gasteiger partial charge in [-0.15, -0.1) is 0 Å². The minimum atomic E-state index is -0.202. The number of carbonyl (C=O) groups is 1. The molecule has 0 heterocycles. The second-order valence-corrected chi connectivity index (χ2v) is 8.81. The number of ether oxygens (including phenoxy) is 1. The summed E-state index contributed by atoms with van der Waals surface area (Å²) in [4.78, 5) is 14.7. The van der Waals surface area contributed by atoms with E-state index in [1.807, 2.05) is 35.2 Å². The van der Waals surface area contributed by atoms with Crippen LogP contribution in [0.2, 0.25) is 0 Å². The topological polar surface area (TPSA) is 29.5 Å². The first-order valence-electron chi connectivity index (χ1n) is 9.85. The van der Waals surface area contributed by atoms with E-state index < -0.39 is 0 Å². The first-order valence-corrected chi connectivity index (χ1v) is 9.85. The number of unbranched alkanes of at least 4 members (excludes halogenated alkanes) is 2. The van der Waals surface area contributed by atoms with Crippen molar-refractivity contribution in [2.45, 2.75) is 72.6 Å². The molecule has 1 aromatic rings. The SMILES string of the molecule is CCCCCN(CC1(C)CCCC(C)(C)C1)C(=O)Oc1ccccc1. The summed E-state index contributed by atoms with van der Waals surface area (Å²) in [5.41, 5.74) is 0.551. The maximum atomic E-state index is 12.8. The summed E-state index contributed by atoms with van der Waals surface area (Å²) in [6.07, 6.45) is 8.05. The van der Waals surface area contributed by atoms with Gasteiger partial charge in [-0.25, -0.2) is 4.79 Å². The largest absolute Gasteiger partial charge is 0.415 e. The van der Waals surface area contributed by atoms with Crippen LogP contribution >= 0.6 is 0 Å². The number of nitrogens with zero attached hydrogens (tertiary/aromatic N) is 1. The lowest BCUT2D eigenvalue weighted by molar-refractivity contribution is 0.0570. The molecule has 0 radical (unpaired) electrons. The van der Waals surface area contributed by atoms with Crippen LogP contribution in [0.1, 0.15) is 72.6 Å². The minimum Gasteiger partial charge on any atom is -0.410 e. The van der Waals surface area contributed by atoms with Crippen LogP contribution in [0, 0.1) is 10.8 Å². The lowest BCUT2D eigenvalue weighted by Gasteiger charge is -2.45.